The smallest absolute Gasteiger partial charge is 0.419 e. The molecule has 0 saturated carbocycles. The van der Waals surface area contributed by atoms with Crippen molar-refractivity contribution in [3.8, 4) is 0 Å². The lowest BCUT2D eigenvalue weighted by Gasteiger charge is -2.57. The molecular weight excluding hydrogens is 2250 g/mol. The average molecular weight is 2250 g/mol. The highest BCUT2D eigenvalue weighted by Gasteiger charge is 3.13. The fourth-order valence-electron chi connectivity index (χ4n) is 8.44. The van der Waals surface area contributed by atoms with Crippen molar-refractivity contribution < 1.29 is 390 Å². The van der Waals surface area contributed by atoms with Gasteiger partial charge in [0.25, 0.3) is 0 Å². The molecule has 0 bridgehead atoms. The van der Waals surface area contributed by atoms with Crippen molar-refractivity contribution in [3.05, 3.63) is 0 Å². The van der Waals surface area contributed by atoms with E-state index in [4.69, 9.17) is 0 Å². The van der Waals surface area contributed by atoms with Gasteiger partial charge in [0.15, 0.2) is 0 Å². The second kappa shape index (κ2) is 30.7. The summed E-state index contributed by atoms with van der Waals surface area (Å²) in [7, 11) is -53.2. The Labute approximate surface area is 653 Å². The molecule has 0 N–H and O–H groups in total. The molecule has 0 unspecified atom stereocenters. The summed E-state index contributed by atoms with van der Waals surface area (Å²) in [5, 5.41) is 0. The minimum absolute atomic E-state index is 0.812. The predicted octanol–water partition coefficient (Wildman–Crippen LogP) is 27.1. The first-order chi connectivity index (χ1) is 55.1. The summed E-state index contributed by atoms with van der Waals surface area (Å²) in [6.07, 6.45) is -72.5. The molecule has 2 nitrogen and oxygen atoms in total. The van der Waals surface area contributed by atoms with Gasteiger partial charge in [-0.3, -0.25) is 0 Å². The van der Waals surface area contributed by atoms with Gasteiger partial charge in [-0.25, -0.2) is 52.7 Å². The van der Waals surface area contributed by atoms with Crippen LogP contribution in [-0.4, -0.2) is 262 Å². The highest BCUT2D eigenvalue weighted by Crippen LogP contribution is 2.78. The normalized spacial score (nSPS) is 17.6. The molecule has 0 aliphatic heterocycles. The van der Waals surface area contributed by atoms with Crippen LogP contribution in [-0.2, 0) is 8.23 Å². The number of hydrogen-bond donors (Lipinski definition) is 0. The van der Waals surface area contributed by atoms with Gasteiger partial charge in [0.2, 0.25) is 0 Å². The van der Waals surface area contributed by atoms with Gasteiger partial charge in [-0.2, -0.15) is 329 Å². The van der Waals surface area contributed by atoms with E-state index in [0.29, 0.717) is 0 Å². The molecule has 0 aromatic rings. The van der Waals surface area contributed by atoms with Gasteiger partial charge in [0.05, 0.1) is 0 Å². The van der Waals surface area contributed by atoms with Gasteiger partial charge >= 0.3 is 262 Å². The fourth-order valence-corrected chi connectivity index (χ4v) is 21.7. The quantitative estimate of drug-likeness (QED) is 0.0456. The van der Waals surface area contributed by atoms with Crippen molar-refractivity contribution in [2.24, 2.45) is 0 Å². The molecule has 0 saturated heterocycles. The van der Waals surface area contributed by atoms with E-state index < -0.39 is 270 Å². The fraction of sp³-hybridized carbons (Fsp3) is 1.00. The summed E-state index contributed by atoms with van der Waals surface area (Å²) < 4.78 is 1300. The Hall–Kier alpha value is -5.52. The summed E-state index contributed by atoms with van der Waals surface area (Å²) in [4.78, 5) is 0. The Morgan fingerprint density at radius 3 is 0.258 bits per heavy atom. The molecule has 0 spiro atoms. The third kappa shape index (κ3) is 14.5. The molecule has 0 rings (SSSR count). The molecule has 0 aliphatic carbocycles. The minimum atomic E-state index is -18.8. The van der Waals surface area contributed by atoms with Crippen molar-refractivity contribution in [1.82, 2.24) is 0 Å². The van der Waals surface area contributed by atoms with Crippen molar-refractivity contribution in [2.45, 2.75) is 236 Å². The zero-order valence-corrected chi connectivity index (χ0v) is 58.2. The highest BCUT2D eigenvalue weighted by molar-refractivity contribution is 6.90. The van der Waals surface area contributed by atoms with E-state index in [1.54, 1.807) is 0 Å². The van der Waals surface area contributed by atoms with Crippen molar-refractivity contribution in [3.63, 3.8) is 0 Å². The summed E-state index contributed by atoms with van der Waals surface area (Å²) in [6.45, 7) is 0. The van der Waals surface area contributed by atoms with Crippen LogP contribution >= 0.6 is 0 Å². The molecule has 0 aromatic heterocycles. The maximum absolute atomic E-state index is 18.8. The third-order valence-corrected chi connectivity index (χ3v) is 28.1. The molecule has 0 aromatic carbocycles. The average Bonchev–Trinajstić information content (AvgIpc) is 0.645. The Morgan fingerprint density at radius 2 is 0.174 bits per heavy atom. The van der Waals surface area contributed by atoms with Crippen molar-refractivity contribution >= 4 is 25.9 Å². The molecule has 793 valence electrons. The van der Waals surface area contributed by atoms with Crippen LogP contribution in [0.5, 0.6) is 0 Å². The van der Waals surface area contributed by atoms with Gasteiger partial charge in [-0.05, 0) is 0 Å². The molecule has 0 heterocycles. The highest BCUT2D eigenvalue weighted by atomic mass is 28.4. The first-order valence-electron chi connectivity index (χ1n) is 27.3. The van der Waals surface area contributed by atoms with Crippen LogP contribution in [0.25, 0.3) is 0 Å². The Bertz CT molecular complexity index is 3470. The van der Waals surface area contributed by atoms with Crippen molar-refractivity contribution in [1.29, 1.82) is 0 Å². The lowest BCUT2D eigenvalue weighted by molar-refractivity contribution is -0.447. The van der Waals surface area contributed by atoms with E-state index in [9.17, 15) is 206 Å². The topological polar surface area (TPSA) is 18.5 Å². The van der Waals surface area contributed by atoms with Gasteiger partial charge in [0, 0.05) is 0 Å². The zero-order valence-electron chi connectivity index (χ0n) is 55.2. The maximum atomic E-state index is 17.2. The lowest BCUT2D eigenvalue weighted by Crippen LogP contribution is -2.95. The molecule has 0 aliphatic rings. The molecule has 0 atom stereocenters. The first kappa shape index (κ1) is 126. The van der Waals surface area contributed by atoms with E-state index in [1.165, 1.54) is 0 Å². The monoisotopic (exact) mass is 2250 g/mol. The van der Waals surface area contributed by atoms with Crippen LogP contribution < -0.4 is 0 Å². The maximum Gasteiger partial charge on any atom is 0.460 e. The molecule has 0 fully saturated rings. The van der Waals surface area contributed by atoms with Crippen LogP contribution in [0, 0.1) is 0 Å². The van der Waals surface area contributed by atoms with Gasteiger partial charge in [-0.15, -0.1) is 0 Å². The SMILES string of the molecule is FC(F)(F)C(F)(F)C(F)(F)C(F)(F)[Si](O[Si](C(F)(F)C(F)(F)C(F)(F)C(F)(F)C(F)(F)C(F)(F)F)(C(F)(F)C(F)(F)C(F)(F)C(F)(F)C(F)(F)C(F)(F)F)C(F)(F)C(F)(F)C(F)(F)C(F)(F)C(F)(F)C(F)(F)F)O[Si](C(F)(F)C(F)(F)C(F)(F)C(F)(F)C(F)(F)C(F)(F)F)(C(F)(F)C(F)(F)C(F)(F)C(F)(F)C(F)(F)C(F)(F)F)C(F)(F)C(F)(F)C(F)(F)C(F)(F)C(F)(F)C(F)(F)F. The predicted molar refractivity (Wildman–Crippen MR) is 225 cm³/mol. The van der Waals surface area contributed by atoms with Gasteiger partial charge in [0.1, 0.15) is 0 Å². The van der Waals surface area contributed by atoms with Gasteiger partial charge < -0.3 is 8.23 Å². The standard InChI is InChI=1S/C40F87O2Si3/c41-1(42,13(65,66)27(93,94)95)7(53,54)21(81,82)35(116,117)131(36(118,119)22(83,84)8(55,56)2(43,44)14(67,68)28(96,97)98,37(120,121)23(85,86)9(57,58)3(45,46)15(69,70)29(99,100)101)128-130(34(114,115)20(79,80)19(77,78)33(111,112)113)129-132(38(122,123)24(87,88)10(59,60)4(47,48)16(71,72)30(102,103)104,39(124,125)25(89,90)11(61,62)5(49,50)17(73,74)31(105,106)107)40(126,127)26(91,92)12(63,64)6(51,52)18(75,76)32(108,109)110. The molecule has 1 radical (unpaired) electrons. The Morgan fingerprint density at radius 1 is 0.0985 bits per heavy atom. The second-order valence-electron chi connectivity index (χ2n) is 24.3. The van der Waals surface area contributed by atoms with Crippen LogP contribution in [0.3, 0.4) is 0 Å². The minimum Gasteiger partial charge on any atom is -0.419 e. The number of halogens is 87. The van der Waals surface area contributed by atoms with E-state index in [-0.39, 0.29) is 0 Å². The third-order valence-electron chi connectivity index (χ3n) is 16.1. The van der Waals surface area contributed by atoms with Crippen LogP contribution in [0.4, 0.5) is 382 Å². The van der Waals surface area contributed by atoms with E-state index in [2.05, 4.69) is 0 Å². The summed E-state index contributed by atoms with van der Waals surface area (Å²) in [5.41, 5.74) is -101. The van der Waals surface area contributed by atoms with E-state index in [1.807, 2.05) is 0 Å². The summed E-state index contributed by atoms with van der Waals surface area (Å²) >= 11 is 0. The van der Waals surface area contributed by atoms with Crippen LogP contribution in [0.2, 0.25) is 0 Å². The molecule has 92 heteroatoms. The van der Waals surface area contributed by atoms with Crippen molar-refractivity contribution in [2.75, 3.05) is 0 Å². The summed E-state index contributed by atoms with van der Waals surface area (Å²) in [6, 6.07) is 0. The molecule has 0 amide bonds. The van der Waals surface area contributed by atoms with Crippen LogP contribution in [0.15, 0.2) is 0 Å². The molecular formula is C40F87O2Si3. The van der Waals surface area contributed by atoms with Gasteiger partial charge in [-0.1, -0.05) is 0 Å². The second-order valence-corrected chi connectivity index (χ2v) is 33.6. The first-order valence-corrected chi connectivity index (χ1v) is 32.4. The number of rotatable bonds is 37. The zero-order chi connectivity index (χ0) is 110. The van der Waals surface area contributed by atoms with Crippen LogP contribution in [0.1, 0.15) is 0 Å². The lowest BCUT2D eigenvalue weighted by atomic mass is 9.97. The number of hydrogen-bond acceptors (Lipinski definition) is 2. The number of alkyl halides is 87. The largest absolute Gasteiger partial charge is 0.460 e. The Kier molecular flexibility index (Phi) is 29.5. The Balaban J connectivity index is 15.1. The van der Waals surface area contributed by atoms with E-state index >= 15 is 176 Å². The summed E-state index contributed by atoms with van der Waals surface area (Å²) in [5.74, 6) is -322. The van der Waals surface area contributed by atoms with E-state index in [0.717, 1.165) is 0 Å². The molecule has 132 heavy (non-hydrogen) atoms.